The van der Waals surface area contributed by atoms with Gasteiger partial charge in [-0.15, -0.1) is 0 Å². The Labute approximate surface area is 126 Å². The lowest BCUT2D eigenvalue weighted by atomic mass is 9.82. The first-order valence-corrected chi connectivity index (χ1v) is 7.56. The molecule has 0 fully saturated rings. The molecule has 0 spiro atoms. The van der Waals surface area contributed by atoms with Crippen LogP contribution in [-0.2, 0) is 15.6 Å². The Balaban J connectivity index is 2.36. The fourth-order valence-corrected chi connectivity index (χ4v) is 3.70. The monoisotopic (exact) mass is 294 g/mol. The van der Waals surface area contributed by atoms with Crippen molar-refractivity contribution in [2.75, 3.05) is 0 Å². The number of hydrogen-bond acceptors (Lipinski definition) is 2. The average molecular weight is 295 g/mol. The van der Waals surface area contributed by atoms with Gasteiger partial charge in [0.2, 0.25) is 0 Å². The van der Waals surface area contributed by atoms with Crippen LogP contribution in [0.3, 0.4) is 0 Å². The molecule has 20 heavy (non-hydrogen) atoms. The number of hydrogen-bond donors (Lipinski definition) is 0. The number of rotatable bonds is 4. The molecule has 0 aliphatic heterocycles. The fraction of sp³-hybridized carbons (Fsp3) is 0.588. The number of ether oxygens (including phenoxy) is 1. The van der Waals surface area contributed by atoms with Gasteiger partial charge in [0.05, 0.1) is 0 Å². The lowest BCUT2D eigenvalue weighted by Gasteiger charge is -2.22. The molecule has 2 rings (SSSR count). The van der Waals surface area contributed by atoms with E-state index in [0.717, 1.165) is 12.2 Å². The van der Waals surface area contributed by atoms with Crippen LogP contribution >= 0.6 is 11.6 Å². The molecule has 1 atom stereocenters. The van der Waals surface area contributed by atoms with E-state index in [9.17, 15) is 4.79 Å². The fourth-order valence-electron chi connectivity index (χ4n) is 3.50. The molecule has 1 aliphatic carbocycles. The van der Waals surface area contributed by atoms with E-state index in [1.54, 1.807) is 0 Å². The van der Waals surface area contributed by atoms with Crippen molar-refractivity contribution in [2.24, 2.45) is 0 Å². The molecule has 0 N–H and O–H groups in total. The molecule has 0 aromatic heterocycles. The Kier molecular flexibility index (Phi) is 3.90. The van der Waals surface area contributed by atoms with Crippen LogP contribution in [0.4, 0.5) is 0 Å². The van der Waals surface area contributed by atoms with Crippen LogP contribution in [0.15, 0.2) is 18.2 Å². The summed E-state index contributed by atoms with van der Waals surface area (Å²) in [6.07, 6.45) is 1.13. The molecule has 1 unspecified atom stereocenters. The van der Waals surface area contributed by atoms with Crippen LogP contribution in [0.5, 0.6) is 5.75 Å². The Hall–Kier alpha value is -1.02. The summed E-state index contributed by atoms with van der Waals surface area (Å²) in [6.45, 7) is 11.0. The first kappa shape index (κ1) is 15.4. The van der Waals surface area contributed by atoms with Crippen molar-refractivity contribution >= 4 is 16.8 Å². The van der Waals surface area contributed by atoms with Crippen molar-refractivity contribution in [3.63, 3.8) is 0 Å². The lowest BCUT2D eigenvalue weighted by Crippen LogP contribution is -2.22. The van der Waals surface area contributed by atoms with Crippen molar-refractivity contribution in [3.8, 4) is 5.75 Å². The smallest absolute Gasteiger partial charge is 0.262 e. The predicted molar refractivity (Wildman–Crippen MR) is 82.7 cm³/mol. The largest absolute Gasteiger partial charge is 0.481 e. The van der Waals surface area contributed by atoms with Gasteiger partial charge in [0.25, 0.3) is 5.24 Å². The molecule has 1 aromatic rings. The molecular formula is C17H23ClO2. The lowest BCUT2D eigenvalue weighted by molar-refractivity contribution is -0.117. The van der Waals surface area contributed by atoms with Gasteiger partial charge in [-0.2, -0.15) is 0 Å². The highest BCUT2D eigenvalue weighted by atomic mass is 35.5. The second kappa shape index (κ2) is 5.07. The van der Waals surface area contributed by atoms with E-state index in [4.69, 9.17) is 16.3 Å². The Morgan fingerprint density at radius 3 is 2.40 bits per heavy atom. The summed E-state index contributed by atoms with van der Waals surface area (Å²) in [5.74, 6) is 0.732. The van der Waals surface area contributed by atoms with Crippen molar-refractivity contribution in [1.29, 1.82) is 0 Å². The number of halogens is 1. The summed E-state index contributed by atoms with van der Waals surface area (Å²) in [6, 6.07) is 6.15. The Morgan fingerprint density at radius 1 is 1.25 bits per heavy atom. The first-order valence-electron chi connectivity index (χ1n) is 7.18. The standard InChI is InChI=1S/C17H23ClO2/c1-6-14(15(18)19)20-11-7-8-12-13(9-11)17(4,5)10-16(12,2)3/h7-9,14H,6,10H2,1-5H3. The topological polar surface area (TPSA) is 26.3 Å². The molecule has 0 amide bonds. The second-order valence-electron chi connectivity index (χ2n) is 6.97. The van der Waals surface area contributed by atoms with Gasteiger partial charge >= 0.3 is 0 Å². The quantitative estimate of drug-likeness (QED) is 0.761. The van der Waals surface area contributed by atoms with E-state index in [2.05, 4.69) is 39.8 Å². The molecule has 0 heterocycles. The second-order valence-corrected chi connectivity index (χ2v) is 7.34. The molecule has 1 aromatic carbocycles. The van der Waals surface area contributed by atoms with Crippen molar-refractivity contribution in [1.82, 2.24) is 0 Å². The minimum atomic E-state index is -0.563. The molecule has 0 saturated carbocycles. The Bertz CT molecular complexity index is 532. The zero-order valence-corrected chi connectivity index (χ0v) is 13.7. The van der Waals surface area contributed by atoms with E-state index < -0.39 is 11.3 Å². The first-order chi connectivity index (χ1) is 9.17. The third-order valence-corrected chi connectivity index (χ3v) is 4.48. The molecule has 110 valence electrons. The van der Waals surface area contributed by atoms with E-state index in [-0.39, 0.29) is 10.8 Å². The van der Waals surface area contributed by atoms with Gasteiger partial charge in [-0.25, -0.2) is 0 Å². The summed E-state index contributed by atoms with van der Waals surface area (Å²) >= 11 is 5.55. The van der Waals surface area contributed by atoms with E-state index >= 15 is 0 Å². The van der Waals surface area contributed by atoms with Crippen LogP contribution in [0.2, 0.25) is 0 Å². The summed E-state index contributed by atoms with van der Waals surface area (Å²) in [5.41, 5.74) is 3.01. The molecule has 1 aliphatic rings. The predicted octanol–water partition coefficient (Wildman–Crippen LogP) is 4.57. The van der Waals surface area contributed by atoms with Crippen molar-refractivity contribution < 1.29 is 9.53 Å². The summed E-state index contributed by atoms with van der Waals surface area (Å²) in [4.78, 5) is 11.3. The maximum absolute atomic E-state index is 11.3. The van der Waals surface area contributed by atoms with Crippen LogP contribution < -0.4 is 4.74 Å². The highest BCUT2D eigenvalue weighted by molar-refractivity contribution is 6.64. The zero-order chi connectivity index (χ0) is 15.1. The molecule has 2 nitrogen and oxygen atoms in total. The normalized spacial score (nSPS) is 20.3. The minimum absolute atomic E-state index is 0.130. The highest BCUT2D eigenvalue weighted by Crippen LogP contribution is 2.50. The van der Waals surface area contributed by atoms with Crippen LogP contribution in [0.25, 0.3) is 0 Å². The minimum Gasteiger partial charge on any atom is -0.481 e. The highest BCUT2D eigenvalue weighted by Gasteiger charge is 2.41. The summed E-state index contributed by atoms with van der Waals surface area (Å²) < 4.78 is 5.73. The third-order valence-electron chi connectivity index (χ3n) is 4.24. The molecule has 0 radical (unpaired) electrons. The van der Waals surface area contributed by atoms with Gasteiger partial charge in [-0.05, 0) is 58.5 Å². The molecule has 0 bridgehead atoms. The maximum Gasteiger partial charge on any atom is 0.262 e. The maximum atomic E-state index is 11.3. The Morgan fingerprint density at radius 2 is 1.85 bits per heavy atom. The average Bonchev–Trinajstić information content (AvgIpc) is 2.51. The van der Waals surface area contributed by atoms with Crippen LogP contribution in [0.1, 0.15) is 58.6 Å². The van der Waals surface area contributed by atoms with Crippen LogP contribution in [0, 0.1) is 0 Å². The van der Waals surface area contributed by atoms with Gasteiger partial charge in [0.1, 0.15) is 5.75 Å². The van der Waals surface area contributed by atoms with Crippen molar-refractivity contribution in [3.05, 3.63) is 29.3 Å². The molecular weight excluding hydrogens is 272 g/mol. The van der Waals surface area contributed by atoms with Crippen LogP contribution in [-0.4, -0.2) is 11.3 Å². The van der Waals surface area contributed by atoms with Gasteiger partial charge in [0, 0.05) is 0 Å². The van der Waals surface area contributed by atoms with E-state index in [1.807, 2.05) is 13.0 Å². The molecule has 0 saturated heterocycles. The van der Waals surface area contributed by atoms with Gasteiger partial charge in [0.15, 0.2) is 6.10 Å². The number of carbonyl (C=O) groups excluding carboxylic acids is 1. The van der Waals surface area contributed by atoms with E-state index in [1.165, 1.54) is 11.1 Å². The SMILES string of the molecule is CCC(Oc1ccc2c(c1)C(C)(C)CC2(C)C)C(=O)Cl. The number of fused-ring (bicyclic) bond motifs is 1. The summed E-state index contributed by atoms with van der Waals surface area (Å²) in [5, 5.41) is -0.437. The summed E-state index contributed by atoms with van der Waals surface area (Å²) in [7, 11) is 0. The molecule has 3 heteroatoms. The van der Waals surface area contributed by atoms with Gasteiger partial charge in [-0.3, -0.25) is 4.79 Å². The van der Waals surface area contributed by atoms with Gasteiger partial charge in [-0.1, -0.05) is 40.7 Å². The third kappa shape index (κ3) is 2.71. The zero-order valence-electron chi connectivity index (χ0n) is 12.9. The van der Waals surface area contributed by atoms with Crippen molar-refractivity contribution in [2.45, 2.75) is 64.4 Å². The van der Waals surface area contributed by atoms with E-state index in [0.29, 0.717) is 6.42 Å². The van der Waals surface area contributed by atoms with Gasteiger partial charge < -0.3 is 4.74 Å². The number of benzene rings is 1. The number of carbonyl (C=O) groups is 1.